The van der Waals surface area contributed by atoms with Gasteiger partial charge in [0, 0.05) is 17.0 Å². The van der Waals surface area contributed by atoms with Crippen molar-refractivity contribution >= 4 is 22.4 Å². The number of carbonyl (C=O) groups excluding carboxylic acids is 1. The predicted molar refractivity (Wildman–Crippen MR) is 81.5 cm³/mol. The smallest absolute Gasteiger partial charge is 0.296 e. The van der Waals surface area contributed by atoms with Crippen LogP contribution in [0.25, 0.3) is 11.3 Å². The maximum absolute atomic E-state index is 11.9. The number of rotatable bonds is 3. The average molecular weight is 299 g/mol. The number of amides is 1. The molecule has 3 aromatic rings. The summed E-state index contributed by atoms with van der Waals surface area (Å²) in [6.07, 6.45) is 0. The van der Waals surface area contributed by atoms with Crippen LogP contribution in [-0.4, -0.2) is 16.0 Å². The molecule has 1 N–H and O–H groups in total. The standard InChI is InChI=1S/C15H13N3O2S/c1-9-3-5-11(6-4-9)12-8-21-15(16-12)17-14(19)13-7-10(2)18-20-13/h3-8H,1-2H3,(H,16,17,19). The van der Waals surface area contributed by atoms with Gasteiger partial charge in [0.2, 0.25) is 5.76 Å². The highest BCUT2D eigenvalue weighted by molar-refractivity contribution is 7.14. The minimum Gasteiger partial charge on any atom is -0.351 e. The molecule has 5 nitrogen and oxygen atoms in total. The van der Waals surface area contributed by atoms with E-state index in [9.17, 15) is 4.79 Å². The van der Waals surface area contributed by atoms with Crippen molar-refractivity contribution in [1.29, 1.82) is 0 Å². The number of hydrogen-bond acceptors (Lipinski definition) is 5. The molecule has 0 aliphatic carbocycles. The number of nitrogens with one attached hydrogen (secondary N) is 1. The van der Waals surface area contributed by atoms with Crippen molar-refractivity contribution in [3.8, 4) is 11.3 Å². The molecule has 106 valence electrons. The molecule has 0 radical (unpaired) electrons. The van der Waals surface area contributed by atoms with Crippen LogP contribution in [0.1, 0.15) is 21.8 Å². The van der Waals surface area contributed by atoms with Crippen molar-refractivity contribution in [2.45, 2.75) is 13.8 Å². The van der Waals surface area contributed by atoms with Gasteiger partial charge in [0.1, 0.15) is 0 Å². The molecule has 0 unspecified atom stereocenters. The lowest BCUT2D eigenvalue weighted by Crippen LogP contribution is -2.10. The number of carbonyl (C=O) groups is 1. The van der Waals surface area contributed by atoms with E-state index in [1.807, 2.05) is 36.6 Å². The monoisotopic (exact) mass is 299 g/mol. The van der Waals surface area contributed by atoms with E-state index in [2.05, 4.69) is 15.5 Å². The van der Waals surface area contributed by atoms with E-state index in [1.54, 1.807) is 13.0 Å². The van der Waals surface area contributed by atoms with E-state index >= 15 is 0 Å². The molecule has 21 heavy (non-hydrogen) atoms. The maximum atomic E-state index is 11.9. The Balaban J connectivity index is 1.76. The van der Waals surface area contributed by atoms with Gasteiger partial charge in [-0.1, -0.05) is 35.0 Å². The number of anilines is 1. The summed E-state index contributed by atoms with van der Waals surface area (Å²) in [5.41, 5.74) is 3.72. The van der Waals surface area contributed by atoms with Gasteiger partial charge < -0.3 is 4.52 Å². The molecule has 6 heteroatoms. The first-order valence-electron chi connectivity index (χ1n) is 6.39. The van der Waals surface area contributed by atoms with Crippen molar-refractivity contribution in [3.63, 3.8) is 0 Å². The largest absolute Gasteiger partial charge is 0.351 e. The molecular formula is C15H13N3O2S. The average Bonchev–Trinajstić information content (AvgIpc) is 3.09. The van der Waals surface area contributed by atoms with E-state index in [0.717, 1.165) is 11.3 Å². The first kappa shape index (κ1) is 13.5. The lowest BCUT2D eigenvalue weighted by Gasteiger charge is -1.98. The summed E-state index contributed by atoms with van der Waals surface area (Å²) < 4.78 is 4.92. The summed E-state index contributed by atoms with van der Waals surface area (Å²) in [6.45, 7) is 3.80. The SMILES string of the molecule is Cc1ccc(-c2csc(NC(=O)c3cc(C)no3)n2)cc1. The van der Waals surface area contributed by atoms with Gasteiger partial charge in [-0.15, -0.1) is 11.3 Å². The number of thiazole rings is 1. The fraction of sp³-hybridized carbons (Fsp3) is 0.133. The van der Waals surface area contributed by atoms with Crippen molar-refractivity contribution < 1.29 is 9.32 Å². The molecule has 0 spiro atoms. The highest BCUT2D eigenvalue weighted by Crippen LogP contribution is 2.25. The van der Waals surface area contributed by atoms with E-state index in [4.69, 9.17) is 4.52 Å². The Hall–Kier alpha value is -2.47. The molecule has 2 heterocycles. The molecule has 1 amide bonds. The molecule has 1 aromatic carbocycles. The Morgan fingerprint density at radius 2 is 2.00 bits per heavy atom. The first-order chi connectivity index (χ1) is 10.1. The lowest BCUT2D eigenvalue weighted by molar-refractivity contribution is 0.0988. The third kappa shape index (κ3) is 3.00. The third-order valence-electron chi connectivity index (χ3n) is 2.92. The summed E-state index contributed by atoms with van der Waals surface area (Å²) in [5, 5.41) is 8.84. The number of aryl methyl sites for hydroxylation is 2. The predicted octanol–water partition coefficient (Wildman–Crippen LogP) is 3.67. The highest BCUT2D eigenvalue weighted by Gasteiger charge is 2.14. The van der Waals surface area contributed by atoms with Gasteiger partial charge in [0.05, 0.1) is 11.4 Å². The Morgan fingerprint density at radius 1 is 1.24 bits per heavy atom. The van der Waals surface area contributed by atoms with Gasteiger partial charge in [0.25, 0.3) is 5.91 Å². The van der Waals surface area contributed by atoms with Gasteiger partial charge in [-0.3, -0.25) is 10.1 Å². The van der Waals surface area contributed by atoms with Gasteiger partial charge in [-0.05, 0) is 13.8 Å². The van der Waals surface area contributed by atoms with E-state index in [1.165, 1.54) is 16.9 Å². The lowest BCUT2D eigenvalue weighted by atomic mass is 10.1. The minimum absolute atomic E-state index is 0.180. The van der Waals surface area contributed by atoms with E-state index in [0.29, 0.717) is 10.8 Å². The number of nitrogens with zero attached hydrogens (tertiary/aromatic N) is 2. The number of benzene rings is 1. The Kier molecular flexibility index (Phi) is 3.53. The molecule has 0 fully saturated rings. The second kappa shape index (κ2) is 5.49. The third-order valence-corrected chi connectivity index (χ3v) is 3.68. The van der Waals surface area contributed by atoms with Gasteiger partial charge in [-0.2, -0.15) is 0 Å². The fourth-order valence-electron chi connectivity index (χ4n) is 1.82. The number of hydrogen-bond donors (Lipinski definition) is 1. The Morgan fingerprint density at radius 3 is 2.67 bits per heavy atom. The fourth-order valence-corrected chi connectivity index (χ4v) is 2.53. The second-order valence-electron chi connectivity index (χ2n) is 4.69. The zero-order valence-corrected chi connectivity index (χ0v) is 12.4. The van der Waals surface area contributed by atoms with Crippen LogP contribution in [0.4, 0.5) is 5.13 Å². The summed E-state index contributed by atoms with van der Waals surface area (Å²) in [5.74, 6) is -0.167. The molecule has 0 saturated carbocycles. The summed E-state index contributed by atoms with van der Waals surface area (Å²) in [6, 6.07) is 9.67. The normalized spacial score (nSPS) is 10.6. The zero-order valence-electron chi connectivity index (χ0n) is 11.6. The minimum atomic E-state index is -0.347. The van der Waals surface area contributed by atoms with Crippen LogP contribution in [0.3, 0.4) is 0 Å². The molecule has 0 atom stereocenters. The summed E-state index contributed by atoms with van der Waals surface area (Å²) in [4.78, 5) is 16.3. The highest BCUT2D eigenvalue weighted by atomic mass is 32.1. The van der Waals surface area contributed by atoms with Crippen LogP contribution in [0, 0.1) is 13.8 Å². The molecule has 2 aromatic heterocycles. The van der Waals surface area contributed by atoms with E-state index < -0.39 is 0 Å². The topological polar surface area (TPSA) is 68.0 Å². The Bertz CT molecular complexity index is 774. The van der Waals surface area contributed by atoms with Crippen LogP contribution in [-0.2, 0) is 0 Å². The molecule has 3 rings (SSSR count). The van der Waals surface area contributed by atoms with Crippen LogP contribution in [0.15, 0.2) is 40.2 Å². The van der Waals surface area contributed by atoms with Crippen LogP contribution < -0.4 is 5.32 Å². The van der Waals surface area contributed by atoms with Crippen LogP contribution >= 0.6 is 11.3 Å². The van der Waals surface area contributed by atoms with E-state index in [-0.39, 0.29) is 11.7 Å². The Labute approximate surface area is 125 Å². The molecule has 0 saturated heterocycles. The van der Waals surface area contributed by atoms with Crippen molar-refractivity contribution in [3.05, 3.63) is 52.7 Å². The number of aromatic nitrogens is 2. The molecular weight excluding hydrogens is 286 g/mol. The molecule has 0 aliphatic rings. The van der Waals surface area contributed by atoms with Crippen molar-refractivity contribution in [1.82, 2.24) is 10.1 Å². The van der Waals surface area contributed by atoms with Gasteiger partial charge in [0.15, 0.2) is 5.13 Å². The summed E-state index contributed by atoms with van der Waals surface area (Å²) >= 11 is 1.37. The van der Waals surface area contributed by atoms with Crippen molar-refractivity contribution in [2.24, 2.45) is 0 Å². The molecule has 0 aliphatic heterocycles. The van der Waals surface area contributed by atoms with Crippen molar-refractivity contribution in [2.75, 3.05) is 5.32 Å². The molecule has 0 bridgehead atoms. The van der Waals surface area contributed by atoms with Crippen LogP contribution in [0.5, 0.6) is 0 Å². The first-order valence-corrected chi connectivity index (χ1v) is 7.27. The van der Waals surface area contributed by atoms with Gasteiger partial charge >= 0.3 is 0 Å². The zero-order chi connectivity index (χ0) is 14.8. The summed E-state index contributed by atoms with van der Waals surface area (Å²) in [7, 11) is 0. The van der Waals surface area contributed by atoms with Gasteiger partial charge in [-0.25, -0.2) is 4.98 Å². The van der Waals surface area contributed by atoms with Crippen LogP contribution in [0.2, 0.25) is 0 Å². The second-order valence-corrected chi connectivity index (χ2v) is 5.55. The quantitative estimate of drug-likeness (QED) is 0.801. The maximum Gasteiger partial charge on any atom is 0.296 e.